The van der Waals surface area contributed by atoms with Gasteiger partial charge in [-0.25, -0.2) is 0 Å². The molecule has 0 bridgehead atoms. The summed E-state index contributed by atoms with van der Waals surface area (Å²) in [5.41, 5.74) is -2.69. The van der Waals surface area contributed by atoms with E-state index in [9.17, 15) is 20.1 Å². The molecule has 14 heavy (non-hydrogen) atoms. The number of hydrogen-bond acceptors (Lipinski definition) is 5. The van der Waals surface area contributed by atoms with Crippen LogP contribution in [-0.4, -0.2) is 45.2 Å². The normalized spacial score (nSPS) is 52.7. The second-order valence-corrected chi connectivity index (χ2v) is 4.48. The second kappa shape index (κ2) is 2.68. The molecule has 0 aromatic rings. The van der Waals surface area contributed by atoms with Crippen molar-refractivity contribution in [3.05, 3.63) is 0 Å². The molecule has 1 aliphatic heterocycles. The third-order valence-electron chi connectivity index (χ3n) is 3.38. The third kappa shape index (κ3) is 1.16. The number of hydrogen-bond donors (Lipinski definition) is 3. The summed E-state index contributed by atoms with van der Waals surface area (Å²) in [7, 11) is 0. The third-order valence-corrected chi connectivity index (χ3v) is 3.38. The van der Waals surface area contributed by atoms with Gasteiger partial charge in [0.2, 0.25) is 0 Å². The topological polar surface area (TPSA) is 87.0 Å². The maximum absolute atomic E-state index is 11.0. The van der Waals surface area contributed by atoms with Gasteiger partial charge in [-0.1, -0.05) is 0 Å². The van der Waals surface area contributed by atoms with Gasteiger partial charge in [0.15, 0.2) is 0 Å². The summed E-state index contributed by atoms with van der Waals surface area (Å²) >= 11 is 0. The van der Waals surface area contributed by atoms with Crippen LogP contribution in [0.15, 0.2) is 0 Å². The maximum atomic E-state index is 11.0. The van der Waals surface area contributed by atoms with Crippen molar-refractivity contribution < 1.29 is 24.9 Å². The molecular weight excluding hydrogens is 188 g/mol. The zero-order chi connectivity index (χ0) is 10.6. The average Bonchev–Trinajstić information content (AvgIpc) is 2.17. The number of esters is 1. The fourth-order valence-corrected chi connectivity index (χ4v) is 2.50. The monoisotopic (exact) mass is 202 g/mol. The molecular formula is C9H14O5. The summed E-state index contributed by atoms with van der Waals surface area (Å²) in [6, 6.07) is 0. The first kappa shape index (κ1) is 9.89. The van der Waals surface area contributed by atoms with Gasteiger partial charge in [0, 0.05) is 6.42 Å². The molecule has 1 aliphatic carbocycles. The van der Waals surface area contributed by atoms with Gasteiger partial charge in [0.1, 0.15) is 5.60 Å². The van der Waals surface area contributed by atoms with Crippen molar-refractivity contribution in [2.24, 2.45) is 5.92 Å². The van der Waals surface area contributed by atoms with Crippen LogP contribution >= 0.6 is 0 Å². The lowest BCUT2D eigenvalue weighted by Crippen LogP contribution is -2.53. The highest BCUT2D eigenvalue weighted by atomic mass is 16.5. The van der Waals surface area contributed by atoms with E-state index in [1.54, 1.807) is 0 Å². The second-order valence-electron chi connectivity index (χ2n) is 4.48. The maximum Gasteiger partial charge on any atom is 0.308 e. The van der Waals surface area contributed by atoms with E-state index in [1.807, 2.05) is 0 Å². The first-order valence-electron chi connectivity index (χ1n) is 4.65. The molecule has 1 heterocycles. The van der Waals surface area contributed by atoms with E-state index in [0.29, 0.717) is 0 Å². The molecule has 80 valence electrons. The quantitative estimate of drug-likeness (QED) is 0.429. The van der Waals surface area contributed by atoms with Crippen molar-refractivity contribution >= 4 is 5.97 Å². The molecule has 2 aliphatic rings. The summed E-state index contributed by atoms with van der Waals surface area (Å²) in [6.45, 7) is 1.51. The van der Waals surface area contributed by atoms with E-state index in [4.69, 9.17) is 4.74 Å². The van der Waals surface area contributed by atoms with Crippen LogP contribution in [0.1, 0.15) is 19.8 Å². The van der Waals surface area contributed by atoms with Crippen molar-refractivity contribution in [2.45, 2.75) is 37.1 Å². The fourth-order valence-electron chi connectivity index (χ4n) is 2.50. The Morgan fingerprint density at radius 2 is 2.14 bits per heavy atom. The van der Waals surface area contributed by atoms with Crippen molar-refractivity contribution in [3.8, 4) is 0 Å². The molecule has 0 radical (unpaired) electrons. The Morgan fingerprint density at radius 3 is 2.79 bits per heavy atom. The molecule has 1 saturated heterocycles. The molecule has 0 unspecified atom stereocenters. The summed E-state index contributed by atoms with van der Waals surface area (Å²) in [4.78, 5) is 11.0. The Hall–Kier alpha value is -0.650. The van der Waals surface area contributed by atoms with Crippen LogP contribution in [0.2, 0.25) is 0 Å². The number of aliphatic hydroxyl groups excluding tert-OH is 1. The molecule has 4 atom stereocenters. The number of carbonyl (C=O) groups is 1. The standard InChI is InChI=1S/C9H14O5/c1-8(12)2-6(10)9(13)3-7(11)14-4-5(8)9/h5-6,10,12-13H,2-4H2,1H3/t5-,6-,8+,9+/m1/s1. The van der Waals surface area contributed by atoms with Crippen molar-refractivity contribution in [1.82, 2.24) is 0 Å². The highest BCUT2D eigenvalue weighted by Gasteiger charge is 2.62. The molecule has 0 aromatic carbocycles. The Labute approximate surface area is 81.3 Å². The molecule has 1 saturated carbocycles. The minimum absolute atomic E-state index is 0.0284. The van der Waals surface area contributed by atoms with Gasteiger partial charge in [-0.2, -0.15) is 0 Å². The molecule has 0 spiro atoms. The predicted molar refractivity (Wildman–Crippen MR) is 45.3 cm³/mol. The van der Waals surface area contributed by atoms with Crippen molar-refractivity contribution in [3.63, 3.8) is 0 Å². The van der Waals surface area contributed by atoms with Crippen molar-refractivity contribution in [2.75, 3.05) is 6.61 Å². The van der Waals surface area contributed by atoms with E-state index in [-0.39, 0.29) is 19.4 Å². The van der Waals surface area contributed by atoms with Gasteiger partial charge in [0.05, 0.1) is 30.7 Å². The largest absolute Gasteiger partial charge is 0.465 e. The first-order valence-corrected chi connectivity index (χ1v) is 4.65. The first-order chi connectivity index (χ1) is 6.36. The number of aliphatic hydroxyl groups is 3. The number of rotatable bonds is 0. The molecule has 2 fully saturated rings. The predicted octanol–water partition coefficient (Wildman–Crippen LogP) is -1.20. The van der Waals surface area contributed by atoms with Crippen molar-refractivity contribution in [1.29, 1.82) is 0 Å². The van der Waals surface area contributed by atoms with E-state index in [1.165, 1.54) is 6.92 Å². The average molecular weight is 202 g/mol. The summed E-state index contributed by atoms with van der Waals surface area (Å²) in [5, 5.41) is 29.6. The molecule has 0 aromatic heterocycles. The van der Waals surface area contributed by atoms with E-state index < -0.39 is 29.2 Å². The van der Waals surface area contributed by atoms with Gasteiger partial charge in [0.25, 0.3) is 0 Å². The Bertz CT molecular complexity index is 274. The Kier molecular flexibility index (Phi) is 1.90. The molecule has 5 heteroatoms. The van der Waals surface area contributed by atoms with Gasteiger partial charge in [-0.15, -0.1) is 0 Å². The van der Waals surface area contributed by atoms with E-state index >= 15 is 0 Å². The smallest absolute Gasteiger partial charge is 0.308 e. The number of ether oxygens (including phenoxy) is 1. The zero-order valence-electron chi connectivity index (χ0n) is 7.93. The van der Waals surface area contributed by atoms with Crippen LogP contribution in [-0.2, 0) is 9.53 Å². The minimum atomic E-state index is -1.52. The lowest BCUT2D eigenvalue weighted by molar-refractivity contribution is -0.186. The van der Waals surface area contributed by atoms with Gasteiger partial charge in [-0.3, -0.25) is 4.79 Å². The minimum Gasteiger partial charge on any atom is -0.465 e. The van der Waals surface area contributed by atoms with Crippen LogP contribution in [0, 0.1) is 5.92 Å². The highest BCUT2D eigenvalue weighted by molar-refractivity contribution is 5.72. The summed E-state index contributed by atoms with van der Waals surface area (Å²) in [6.07, 6.45) is -1.23. The lowest BCUT2D eigenvalue weighted by atomic mass is 9.80. The highest BCUT2D eigenvalue weighted by Crippen LogP contribution is 2.47. The number of carbonyl (C=O) groups excluding carboxylic acids is 1. The number of cyclic esters (lactones) is 1. The summed E-state index contributed by atoms with van der Waals surface area (Å²) in [5.74, 6) is -1.12. The number of fused-ring (bicyclic) bond motifs is 1. The van der Waals surface area contributed by atoms with Gasteiger partial charge in [-0.05, 0) is 6.92 Å². The van der Waals surface area contributed by atoms with Crippen LogP contribution in [0.25, 0.3) is 0 Å². The zero-order valence-corrected chi connectivity index (χ0v) is 7.93. The molecule has 2 rings (SSSR count). The SMILES string of the molecule is C[C@]1(O)C[C@@H](O)[C@]2(O)CC(=O)OC[C@@H]21. The Balaban J connectivity index is 2.33. The van der Waals surface area contributed by atoms with Crippen LogP contribution in [0.5, 0.6) is 0 Å². The Morgan fingerprint density at radius 1 is 1.50 bits per heavy atom. The molecule has 3 N–H and O–H groups in total. The lowest BCUT2D eigenvalue weighted by Gasteiger charge is -2.38. The van der Waals surface area contributed by atoms with Crippen LogP contribution in [0.3, 0.4) is 0 Å². The van der Waals surface area contributed by atoms with Gasteiger partial charge < -0.3 is 20.1 Å². The fraction of sp³-hybridized carbons (Fsp3) is 0.889. The van der Waals surface area contributed by atoms with E-state index in [0.717, 1.165) is 0 Å². The van der Waals surface area contributed by atoms with Crippen LogP contribution < -0.4 is 0 Å². The van der Waals surface area contributed by atoms with Crippen LogP contribution in [0.4, 0.5) is 0 Å². The van der Waals surface area contributed by atoms with E-state index in [2.05, 4.69) is 0 Å². The molecule has 0 amide bonds. The van der Waals surface area contributed by atoms with Gasteiger partial charge >= 0.3 is 5.97 Å². The summed E-state index contributed by atoms with van der Waals surface area (Å²) < 4.78 is 4.77. The molecule has 5 nitrogen and oxygen atoms in total.